The van der Waals surface area contributed by atoms with Crippen molar-refractivity contribution < 1.29 is 186 Å². The Balaban J connectivity index is 0.000000297. The molecule has 684 valence electrons. The average Bonchev–Trinajstić information content (AvgIpc) is 0.802. The molecule has 0 atom stereocenters. The lowest BCUT2D eigenvalue weighted by atomic mass is 9.94. The van der Waals surface area contributed by atoms with E-state index >= 15 is 39.5 Å². The van der Waals surface area contributed by atoms with Crippen LogP contribution in [0.4, 0.5) is 100 Å². The fourth-order valence-electron chi connectivity index (χ4n) is 10.7. The van der Waals surface area contributed by atoms with Crippen LogP contribution in [0.3, 0.4) is 0 Å². The van der Waals surface area contributed by atoms with Crippen LogP contribution in [0.25, 0.3) is 0 Å². The zero-order chi connectivity index (χ0) is 98.5. The van der Waals surface area contributed by atoms with Gasteiger partial charge in [-0.25, -0.2) is 77.1 Å². The number of anilines is 3. The summed E-state index contributed by atoms with van der Waals surface area (Å²) in [5.74, 6) is -75.7. The molecule has 27 nitrogen and oxygen atoms in total. The highest BCUT2D eigenvalue weighted by atomic mass is 35.5. The number of carboxylic acids is 6. The van der Waals surface area contributed by atoms with Gasteiger partial charge >= 0.3 is 35.8 Å². The number of nitrogens with one attached hydrogen (secondary N) is 6. The molecule has 9 aromatic rings. The Labute approximate surface area is 754 Å². The van der Waals surface area contributed by atoms with Crippen molar-refractivity contribution >= 4 is 216 Å². The predicted octanol–water partition coefficient (Wildman–Crippen LogP) is 21.2. The van der Waals surface area contributed by atoms with Gasteiger partial charge in [-0.1, -0.05) is 128 Å². The summed E-state index contributed by atoms with van der Waals surface area (Å²) in [5, 5.41) is 53.7. The molecule has 0 aliphatic rings. The first-order chi connectivity index (χ1) is 59.7. The van der Waals surface area contributed by atoms with Gasteiger partial charge in [0.2, 0.25) is 69.5 Å². The highest BCUT2D eigenvalue weighted by Crippen LogP contribution is 2.52. The van der Waals surface area contributed by atoms with Crippen molar-refractivity contribution in [2.75, 3.05) is 37.1 Å². The van der Waals surface area contributed by atoms with Gasteiger partial charge < -0.3 is 76.8 Å². The van der Waals surface area contributed by atoms with Crippen LogP contribution in [0.1, 0.15) is 141 Å². The van der Waals surface area contributed by atoms with E-state index in [9.17, 15) is 127 Å². The van der Waals surface area contributed by atoms with Crippen LogP contribution in [-0.2, 0) is 0 Å². The van der Waals surface area contributed by atoms with E-state index in [-0.39, 0.29) is 0 Å². The van der Waals surface area contributed by atoms with Gasteiger partial charge in [0.25, 0.3) is 35.4 Å². The zero-order valence-electron chi connectivity index (χ0n) is 62.1. The Morgan fingerprint density at radius 2 is 0.388 bits per heavy atom. The number of aromatic carboxylic acids is 6. The van der Waals surface area contributed by atoms with Crippen molar-refractivity contribution in [3.05, 3.63) is 249 Å². The van der Waals surface area contributed by atoms with Crippen molar-refractivity contribution in [1.82, 2.24) is 16.0 Å². The molecule has 6 amide bonds. The number of ether oxygens (including phenoxy) is 3. The van der Waals surface area contributed by atoms with Crippen LogP contribution in [0, 0.1) is 131 Å². The second-order valence-corrected chi connectivity index (χ2v) is 28.3. The van der Waals surface area contributed by atoms with Gasteiger partial charge in [0.15, 0.2) is 75.5 Å². The quantitative estimate of drug-likeness (QED) is 0.0181. The average molecular weight is 2070 g/mol. The highest BCUT2D eigenvalue weighted by Gasteiger charge is 2.43. The Bertz CT molecular complexity index is 6250. The van der Waals surface area contributed by atoms with E-state index in [0.717, 1.165) is 41.9 Å². The van der Waals surface area contributed by atoms with E-state index < -0.39 is 372 Å². The van der Waals surface area contributed by atoms with Crippen LogP contribution in [-0.4, -0.2) is 123 Å². The van der Waals surface area contributed by atoms with E-state index in [1.54, 1.807) is 10.6 Å². The number of carbonyl (C=O) groups excluding carboxylic acids is 6. The van der Waals surface area contributed by atoms with E-state index in [2.05, 4.69) is 4.74 Å². The third-order valence-corrected chi connectivity index (χ3v) is 20.9. The molecule has 0 aliphatic carbocycles. The summed E-state index contributed by atoms with van der Waals surface area (Å²) >= 11 is 64.0. The van der Waals surface area contributed by atoms with Crippen LogP contribution in [0.15, 0.2) is 0 Å². The summed E-state index contributed by atoms with van der Waals surface area (Å²) in [6, 6.07) is 0. The first kappa shape index (κ1) is 104. The van der Waals surface area contributed by atoms with Crippen LogP contribution in [0.5, 0.6) is 34.5 Å². The molecule has 57 heteroatoms. The summed E-state index contributed by atoms with van der Waals surface area (Å²) in [7, 11) is 2.94. The maximum absolute atomic E-state index is 15.5. The third kappa shape index (κ3) is 18.9. The smallest absolute Gasteiger partial charge is 0.339 e. The monoisotopic (exact) mass is 2060 g/mol. The van der Waals surface area contributed by atoms with Gasteiger partial charge in [-0.2, -0.15) is 35.1 Å². The van der Waals surface area contributed by atoms with E-state index in [1.165, 1.54) is 10.6 Å². The molecule has 0 bridgehead atoms. The second kappa shape index (κ2) is 40.3. The molecular weight excluding hydrogens is 2040 g/mol. The number of amides is 6. The van der Waals surface area contributed by atoms with Gasteiger partial charge in [0.1, 0.15) is 53.3 Å². The molecule has 0 aromatic heterocycles. The molecule has 9 rings (SSSR count). The first-order valence-electron chi connectivity index (χ1n) is 32.4. The lowest BCUT2D eigenvalue weighted by Crippen LogP contribution is -2.29. The predicted molar refractivity (Wildman–Crippen MR) is 413 cm³/mol. The number of hydrogen-bond acceptors (Lipinski definition) is 15. The Kier molecular flexibility index (Phi) is 32.4. The van der Waals surface area contributed by atoms with E-state index in [0.29, 0.717) is 0 Å². The minimum atomic E-state index is -2.82. The van der Waals surface area contributed by atoms with Gasteiger partial charge in [0, 0.05) is 37.8 Å². The summed E-state index contributed by atoms with van der Waals surface area (Å²) in [6.45, 7) is 2.44. The topological polar surface area (TPSA) is 426 Å². The molecule has 0 saturated heterocycles. The number of rotatable bonds is 21. The zero-order valence-corrected chi connectivity index (χ0v) is 70.5. The first-order valence-corrected chi connectivity index (χ1v) is 36.6. The van der Waals surface area contributed by atoms with Gasteiger partial charge in [0.05, 0.1) is 85.8 Å². The van der Waals surface area contributed by atoms with Crippen molar-refractivity contribution in [2.24, 2.45) is 0 Å². The third-order valence-electron chi connectivity index (χ3n) is 16.8. The minimum Gasteiger partial charge on any atom is -0.478 e. The van der Waals surface area contributed by atoms with Crippen LogP contribution >= 0.6 is 128 Å². The van der Waals surface area contributed by atoms with Gasteiger partial charge in [-0.3, -0.25) is 28.8 Å². The summed E-state index contributed by atoms with van der Waals surface area (Å²) in [6.07, 6.45) is 0. The van der Waals surface area contributed by atoms with Crippen LogP contribution in [0.2, 0.25) is 55.2 Å². The van der Waals surface area contributed by atoms with Crippen molar-refractivity contribution in [2.45, 2.75) is 20.8 Å². The molecule has 0 heterocycles. The van der Waals surface area contributed by atoms with Crippen LogP contribution < -0.4 is 46.1 Å². The maximum Gasteiger partial charge on any atom is 0.339 e. The van der Waals surface area contributed by atoms with Crippen molar-refractivity contribution in [3.63, 3.8) is 0 Å². The number of benzene rings is 9. The Hall–Kier alpha value is -12.1. The van der Waals surface area contributed by atoms with Crippen molar-refractivity contribution in [3.8, 4) is 34.5 Å². The molecule has 129 heavy (non-hydrogen) atoms. The highest BCUT2D eigenvalue weighted by molar-refractivity contribution is 6.50. The summed E-state index contributed by atoms with van der Waals surface area (Å²) < 4.78 is 295. The van der Waals surface area contributed by atoms with E-state index in [1.807, 2.05) is 10.6 Å². The number of carboxylic acid groups (broad SMARTS) is 6. The lowest BCUT2D eigenvalue weighted by molar-refractivity contribution is 0.0663. The fourth-order valence-corrected chi connectivity index (χ4v) is 13.8. The SMILES string of the molecule is CNC(=O)c1c(Cl)c(C(=O)Nc2c(F)c(C)c(F)c(Cl)c2F)c(C(=O)O)c(Cl)c1C(=O)O.CNC(=O)c1c(Cl)c(Oc2c(F)c(F)c(Oc3c(F)c(F)c(Oc4c(Cl)c(Cl)c(C(=O)O)c(C(=O)Nc5c(F)c(C)c(F)c(Cl)c5F)c4Cl)c(F)c3F)c(F)c2F)c(Cl)c(Cl)c1C(=O)O.CNC(=O)c1c(F)c(C(=O)Nc2c(F)c(C)c(F)c(Cl)c2F)c(C(=O)O)c(F)c1C(=O)O. The maximum atomic E-state index is 15.5. The number of carbonyl (C=O) groups is 12. The molecule has 12 N–H and O–H groups in total. The molecule has 0 spiro atoms. The number of hydrogen-bond donors (Lipinski definition) is 12. The molecule has 0 unspecified atom stereocenters. The fraction of sp³-hybridized carbons (Fsp3) is 0.0833. The molecule has 9 aromatic carbocycles. The standard InChI is InChI=1S/C36H10Cl7F11N2O9.C18H10Cl3F3N2O6.C18H10ClF5N2O6/c1-3-15(44)14(43)17(46)26(16(3)45)56-34(58)5-7(36(61)62)9(38)13(42)28(11(5)40)64-30-20(49)24(53)32(25(54)21(30)50)65-31-22(51)18(47)29(19(48)23(31)52)63-27-10(39)4(33(57)55-2)6(35(59)60)8(37)12(27)41;1-3-11(22)10(21)13(24)14(12(3)23)26-16(28)5-7(18(31)32)9(20)6(17(29)30)4(8(5)19)15(27)25-2;1-3-9(20)8(19)13(24)14(10(3)21)26-16(28)5-7(18(31)32)12(23)6(17(29)30)4(11(5)22)15(27)25-2/h1-2H3,(H,55,57)(H,56,58)(H,59,60)(H,61,62);2*1-2H3,(H,25,27)(H,26,28)(H,29,30)(H,31,32). The lowest BCUT2D eigenvalue weighted by Gasteiger charge is -2.19. The summed E-state index contributed by atoms with van der Waals surface area (Å²) in [5.41, 5.74) is -22.8. The van der Waals surface area contributed by atoms with Gasteiger partial charge in [-0.05, 0) is 20.8 Å². The summed E-state index contributed by atoms with van der Waals surface area (Å²) in [4.78, 5) is 145. The Morgan fingerprint density at radius 3 is 0.636 bits per heavy atom. The van der Waals surface area contributed by atoms with Gasteiger partial charge in [-0.15, -0.1) is 0 Å². The molecular formula is C72H30Cl11F19N6O21. The van der Waals surface area contributed by atoms with Crippen molar-refractivity contribution in [1.29, 1.82) is 0 Å². The molecule has 0 radical (unpaired) electrons. The normalized spacial score (nSPS) is 10.9. The molecule has 0 fully saturated rings. The Morgan fingerprint density at radius 1 is 0.202 bits per heavy atom. The molecule has 0 saturated carbocycles. The van der Waals surface area contributed by atoms with E-state index in [4.69, 9.17) is 142 Å². The minimum absolute atomic E-state index is 0.740. The number of halogens is 30. The largest absolute Gasteiger partial charge is 0.478 e. The molecule has 0 aliphatic heterocycles. The second-order valence-electron chi connectivity index (χ2n) is 24.1.